The third-order valence-electron chi connectivity index (χ3n) is 4.79. The zero-order valence-electron chi connectivity index (χ0n) is 14.5. The Morgan fingerprint density at radius 1 is 1.22 bits per heavy atom. The maximum atomic E-state index is 6.35. The highest BCUT2D eigenvalue weighted by molar-refractivity contribution is 6.32. The van der Waals surface area contributed by atoms with E-state index >= 15 is 0 Å². The molecule has 8 heteroatoms. The van der Waals surface area contributed by atoms with Crippen molar-refractivity contribution in [3.63, 3.8) is 0 Å². The van der Waals surface area contributed by atoms with E-state index in [2.05, 4.69) is 41.6 Å². The van der Waals surface area contributed by atoms with Crippen molar-refractivity contribution in [3.8, 4) is 0 Å². The summed E-state index contributed by atoms with van der Waals surface area (Å²) in [5, 5.41) is 7.15. The van der Waals surface area contributed by atoms with Gasteiger partial charge >= 0.3 is 0 Å². The summed E-state index contributed by atoms with van der Waals surface area (Å²) in [6.07, 6.45) is 8.11. The molecule has 1 aromatic carbocycles. The van der Waals surface area contributed by atoms with Crippen molar-refractivity contribution in [1.29, 1.82) is 0 Å². The van der Waals surface area contributed by atoms with Gasteiger partial charge in [0, 0.05) is 17.8 Å². The van der Waals surface area contributed by atoms with Crippen LogP contribution in [0.2, 0.25) is 5.02 Å². The van der Waals surface area contributed by atoms with Gasteiger partial charge in [-0.1, -0.05) is 11.6 Å². The van der Waals surface area contributed by atoms with E-state index in [1.165, 1.54) is 18.4 Å². The Morgan fingerprint density at radius 2 is 2.15 bits per heavy atom. The van der Waals surface area contributed by atoms with Gasteiger partial charge in [0.2, 0.25) is 5.95 Å². The zero-order valence-corrected chi connectivity index (χ0v) is 15.3. The number of aromatic amines is 1. The van der Waals surface area contributed by atoms with Gasteiger partial charge in [0.25, 0.3) is 0 Å². The lowest BCUT2D eigenvalue weighted by atomic mass is 10.2. The normalized spacial score (nSPS) is 16.3. The lowest BCUT2D eigenvalue weighted by Crippen LogP contribution is -2.11. The van der Waals surface area contributed by atoms with Crippen molar-refractivity contribution >= 4 is 40.2 Å². The number of halogens is 1. The fourth-order valence-electron chi connectivity index (χ4n) is 3.18. The molecule has 0 spiro atoms. The predicted molar refractivity (Wildman–Crippen MR) is 107 cm³/mol. The highest BCUT2D eigenvalue weighted by atomic mass is 35.5. The number of hydrogen-bond donors (Lipinski definition) is 3. The molecule has 0 saturated heterocycles. The topological polar surface area (TPSA) is 90.9 Å². The Balaban J connectivity index is 1.27. The molecule has 3 aromatic rings. The van der Waals surface area contributed by atoms with E-state index < -0.39 is 0 Å². The number of nitrogens with zero attached hydrogens (tertiary/aromatic N) is 4. The highest BCUT2D eigenvalue weighted by Gasteiger charge is 2.27. The molecule has 0 amide bonds. The molecule has 3 N–H and O–H groups in total. The smallest absolute Gasteiger partial charge is 0.224 e. The average molecular weight is 380 g/mol. The number of H-pyrrole nitrogens is 1. The molecule has 27 heavy (non-hydrogen) atoms. The molecule has 1 aliphatic heterocycles. The minimum absolute atomic E-state index is 0.518. The molecule has 2 aliphatic rings. The van der Waals surface area contributed by atoms with Crippen LogP contribution in [-0.4, -0.2) is 32.3 Å². The molecule has 1 fully saturated rings. The number of rotatable bonds is 5. The zero-order chi connectivity index (χ0) is 18.2. The number of fused-ring (bicyclic) bond motifs is 1. The number of aromatic nitrogens is 4. The molecule has 0 bridgehead atoms. The van der Waals surface area contributed by atoms with Crippen LogP contribution in [0.25, 0.3) is 11.0 Å². The summed E-state index contributed by atoms with van der Waals surface area (Å²) in [5.74, 6) is 2.86. The summed E-state index contributed by atoms with van der Waals surface area (Å²) < 4.78 is 0. The van der Waals surface area contributed by atoms with Crippen molar-refractivity contribution in [1.82, 2.24) is 19.9 Å². The first-order chi connectivity index (χ1) is 13.2. The van der Waals surface area contributed by atoms with Gasteiger partial charge in [-0.2, -0.15) is 4.98 Å². The monoisotopic (exact) mass is 379 g/mol. The van der Waals surface area contributed by atoms with Crippen LogP contribution in [0.15, 0.2) is 47.4 Å². The van der Waals surface area contributed by atoms with Gasteiger partial charge in [0.05, 0.1) is 23.9 Å². The molecule has 5 rings (SSSR count). The summed E-state index contributed by atoms with van der Waals surface area (Å²) in [5.41, 5.74) is 4.17. The van der Waals surface area contributed by atoms with Crippen molar-refractivity contribution < 1.29 is 0 Å². The number of imidazole rings is 1. The Hall–Kier alpha value is -2.93. The number of aliphatic imine (C=N–C) groups is 1. The standard InChI is InChI=1S/C19H18ClN7/c20-14-7-16-15(24-10-25-16)5-13(14)9-23-19-21-4-3-17(27-19)26-18-6-12(8-22-18)11-1-2-11/h3-7,10-11H,1-2,8-9H2,(H,24,25)(H2,21,22,23,26,27). The summed E-state index contributed by atoms with van der Waals surface area (Å²) in [4.78, 5) is 20.6. The van der Waals surface area contributed by atoms with Gasteiger partial charge in [0.1, 0.15) is 11.7 Å². The number of nitrogens with one attached hydrogen (secondary N) is 3. The second-order valence-electron chi connectivity index (χ2n) is 6.80. The first-order valence-electron chi connectivity index (χ1n) is 8.95. The van der Waals surface area contributed by atoms with Crippen LogP contribution in [0.5, 0.6) is 0 Å². The molecule has 3 heterocycles. The summed E-state index contributed by atoms with van der Waals surface area (Å²) in [7, 11) is 0. The Morgan fingerprint density at radius 3 is 3.04 bits per heavy atom. The molecule has 0 atom stereocenters. The Kier molecular flexibility index (Phi) is 4.01. The minimum atomic E-state index is 0.518. The second-order valence-corrected chi connectivity index (χ2v) is 7.21. The van der Waals surface area contributed by atoms with Crippen LogP contribution < -0.4 is 10.6 Å². The summed E-state index contributed by atoms with van der Waals surface area (Å²) >= 11 is 6.35. The average Bonchev–Trinajstić information content (AvgIpc) is 3.25. The number of hydrogen-bond acceptors (Lipinski definition) is 6. The molecule has 1 saturated carbocycles. The Bertz CT molecular complexity index is 1060. The fraction of sp³-hybridized carbons (Fsp3) is 0.263. The van der Waals surface area contributed by atoms with E-state index in [1.54, 1.807) is 12.5 Å². The number of anilines is 2. The van der Waals surface area contributed by atoms with Crippen molar-refractivity contribution in [3.05, 3.63) is 53.0 Å². The van der Waals surface area contributed by atoms with Gasteiger partial charge in [-0.05, 0) is 54.2 Å². The van der Waals surface area contributed by atoms with Crippen molar-refractivity contribution in [2.75, 3.05) is 17.2 Å². The maximum absolute atomic E-state index is 6.35. The molecule has 2 aromatic heterocycles. The van der Waals surface area contributed by atoms with Gasteiger partial charge in [-0.15, -0.1) is 0 Å². The van der Waals surface area contributed by atoms with E-state index in [1.807, 2.05) is 18.2 Å². The molecule has 1 aliphatic carbocycles. The maximum Gasteiger partial charge on any atom is 0.224 e. The first-order valence-corrected chi connectivity index (χ1v) is 9.33. The molecule has 0 unspecified atom stereocenters. The van der Waals surface area contributed by atoms with E-state index in [0.717, 1.165) is 40.7 Å². The van der Waals surface area contributed by atoms with E-state index in [9.17, 15) is 0 Å². The highest BCUT2D eigenvalue weighted by Crippen LogP contribution is 2.37. The second kappa shape index (κ2) is 6.66. The number of amidine groups is 1. The van der Waals surface area contributed by atoms with Crippen molar-refractivity contribution in [2.45, 2.75) is 19.4 Å². The van der Waals surface area contributed by atoms with Crippen molar-refractivity contribution in [2.24, 2.45) is 10.9 Å². The lowest BCUT2D eigenvalue weighted by molar-refractivity contribution is 0.959. The SMILES string of the molecule is Clc1cc2nc[nH]c2cc1CNc1nccc(NC2=NCC(C3CC3)=C2)n1. The van der Waals surface area contributed by atoms with E-state index in [-0.39, 0.29) is 0 Å². The Labute approximate surface area is 161 Å². The minimum Gasteiger partial charge on any atom is -0.350 e. The third-order valence-corrected chi connectivity index (χ3v) is 5.14. The summed E-state index contributed by atoms with van der Waals surface area (Å²) in [6, 6.07) is 5.67. The molecular formula is C19H18ClN7. The molecule has 136 valence electrons. The van der Waals surface area contributed by atoms with Gasteiger partial charge < -0.3 is 15.6 Å². The van der Waals surface area contributed by atoms with E-state index in [4.69, 9.17) is 11.6 Å². The predicted octanol–water partition coefficient (Wildman–Crippen LogP) is 3.78. The van der Waals surface area contributed by atoms with Crippen LogP contribution >= 0.6 is 11.6 Å². The third kappa shape index (κ3) is 3.50. The van der Waals surface area contributed by atoms with Crippen LogP contribution in [0.1, 0.15) is 18.4 Å². The van der Waals surface area contributed by atoms with Crippen LogP contribution in [-0.2, 0) is 6.54 Å². The largest absolute Gasteiger partial charge is 0.350 e. The quantitative estimate of drug-likeness (QED) is 0.627. The van der Waals surface area contributed by atoms with Gasteiger partial charge in [-0.3, -0.25) is 4.99 Å². The van der Waals surface area contributed by atoms with Crippen LogP contribution in [0.4, 0.5) is 11.8 Å². The lowest BCUT2D eigenvalue weighted by Gasteiger charge is -2.09. The van der Waals surface area contributed by atoms with E-state index in [0.29, 0.717) is 17.5 Å². The fourth-order valence-corrected chi connectivity index (χ4v) is 3.40. The molecular weight excluding hydrogens is 362 g/mol. The van der Waals surface area contributed by atoms with Gasteiger partial charge in [0.15, 0.2) is 0 Å². The summed E-state index contributed by atoms with van der Waals surface area (Å²) in [6.45, 7) is 1.32. The number of benzene rings is 1. The molecule has 7 nitrogen and oxygen atoms in total. The van der Waals surface area contributed by atoms with Crippen LogP contribution in [0.3, 0.4) is 0 Å². The molecule has 0 radical (unpaired) electrons. The first kappa shape index (κ1) is 16.3. The van der Waals surface area contributed by atoms with Crippen LogP contribution in [0, 0.1) is 5.92 Å². The van der Waals surface area contributed by atoms with Gasteiger partial charge in [-0.25, -0.2) is 9.97 Å².